The molecule has 0 spiro atoms. The summed E-state index contributed by atoms with van der Waals surface area (Å²) in [5.74, 6) is 0.306. The minimum atomic E-state index is 0.0792. The smallest absolute Gasteiger partial charge is 0.151 e. The van der Waals surface area contributed by atoms with Crippen molar-refractivity contribution in [3.63, 3.8) is 0 Å². The fraction of sp³-hybridized carbons (Fsp3) is 0.192. The number of nitrogens with zero attached hydrogens (tertiary/aromatic N) is 2. The van der Waals surface area contributed by atoms with Crippen LogP contribution >= 0.6 is 0 Å². The van der Waals surface area contributed by atoms with Crippen LogP contribution < -0.4 is 9.80 Å². The average molecular weight is 397 g/mol. The number of quaternary nitrogens is 1. The quantitative estimate of drug-likeness (QED) is 0.555. The fourth-order valence-electron chi connectivity index (χ4n) is 4.64. The van der Waals surface area contributed by atoms with Crippen molar-refractivity contribution in [2.75, 3.05) is 31.1 Å². The van der Waals surface area contributed by atoms with E-state index in [4.69, 9.17) is 0 Å². The standard InChI is InChI=1S/C26H25N3O/c30-26-23(14-13-20-10-7-15-27-24(20)26)25(21-8-3-1-4-9-21)29-18-16-28(17-19-29)22-11-5-2-6-12-22/h1-15,25,30H,16-19H2/p+1/t25-/m1/s1. The molecule has 4 aromatic rings. The van der Waals surface area contributed by atoms with Crippen LogP contribution in [0, 0.1) is 0 Å². The topological polar surface area (TPSA) is 40.8 Å². The third-order valence-corrected chi connectivity index (χ3v) is 6.16. The van der Waals surface area contributed by atoms with Crippen LogP contribution in [-0.4, -0.2) is 36.3 Å². The molecule has 1 aliphatic rings. The second-order valence-corrected chi connectivity index (χ2v) is 7.90. The first-order valence-corrected chi connectivity index (χ1v) is 10.6. The third kappa shape index (κ3) is 3.51. The van der Waals surface area contributed by atoms with E-state index in [-0.39, 0.29) is 6.04 Å². The van der Waals surface area contributed by atoms with Crippen molar-refractivity contribution < 1.29 is 10.0 Å². The molecule has 2 N–H and O–H groups in total. The minimum Gasteiger partial charge on any atom is -0.505 e. The van der Waals surface area contributed by atoms with Gasteiger partial charge in [0.1, 0.15) is 11.6 Å². The Labute approximate surface area is 177 Å². The predicted octanol–water partition coefficient (Wildman–Crippen LogP) is 3.43. The number of para-hydroxylation sites is 1. The molecule has 0 unspecified atom stereocenters. The molecule has 0 amide bonds. The Morgan fingerprint density at radius 2 is 1.50 bits per heavy atom. The minimum absolute atomic E-state index is 0.0792. The number of anilines is 1. The molecule has 0 saturated carbocycles. The molecule has 1 fully saturated rings. The Hall–Kier alpha value is -3.37. The molecular weight excluding hydrogens is 370 g/mol. The maximum absolute atomic E-state index is 11.2. The molecule has 1 aliphatic heterocycles. The normalized spacial score (nSPS) is 15.9. The van der Waals surface area contributed by atoms with Crippen LogP contribution in [0.5, 0.6) is 5.75 Å². The highest BCUT2D eigenvalue weighted by molar-refractivity contribution is 5.85. The van der Waals surface area contributed by atoms with Gasteiger partial charge in [-0.1, -0.05) is 60.7 Å². The van der Waals surface area contributed by atoms with Gasteiger partial charge in [0.15, 0.2) is 5.75 Å². The van der Waals surface area contributed by atoms with Crippen molar-refractivity contribution in [2.45, 2.75) is 6.04 Å². The Kier molecular flexibility index (Phi) is 5.08. The van der Waals surface area contributed by atoms with Crippen LogP contribution in [0.1, 0.15) is 17.2 Å². The lowest BCUT2D eigenvalue weighted by atomic mass is 9.94. The van der Waals surface area contributed by atoms with Gasteiger partial charge in [-0.3, -0.25) is 4.98 Å². The van der Waals surface area contributed by atoms with Gasteiger partial charge in [-0.05, 0) is 24.3 Å². The summed E-state index contributed by atoms with van der Waals surface area (Å²) in [5.41, 5.74) is 4.14. The lowest BCUT2D eigenvalue weighted by Crippen LogP contribution is -3.15. The largest absolute Gasteiger partial charge is 0.505 e. The molecule has 2 heterocycles. The molecule has 1 aromatic heterocycles. The maximum atomic E-state index is 11.2. The van der Waals surface area contributed by atoms with Gasteiger partial charge in [0.2, 0.25) is 0 Å². The number of aromatic nitrogens is 1. The highest BCUT2D eigenvalue weighted by Crippen LogP contribution is 2.33. The van der Waals surface area contributed by atoms with E-state index in [0.29, 0.717) is 11.3 Å². The average Bonchev–Trinajstić information content (AvgIpc) is 2.83. The van der Waals surface area contributed by atoms with E-state index in [9.17, 15) is 5.11 Å². The first-order valence-electron chi connectivity index (χ1n) is 10.6. The van der Waals surface area contributed by atoms with Crippen LogP contribution in [0.4, 0.5) is 5.69 Å². The molecule has 0 radical (unpaired) electrons. The summed E-state index contributed by atoms with van der Waals surface area (Å²) in [7, 11) is 0. The summed E-state index contributed by atoms with van der Waals surface area (Å²) >= 11 is 0. The summed E-state index contributed by atoms with van der Waals surface area (Å²) in [6, 6.07) is 29.3. The molecule has 1 atom stereocenters. The SMILES string of the molecule is Oc1c([C@@H](c2ccccc2)[NH+]2CCN(c3ccccc3)CC2)ccc2cccnc12. The van der Waals surface area contributed by atoms with E-state index in [1.54, 1.807) is 6.20 Å². The number of fused-ring (bicyclic) bond motifs is 1. The Balaban J connectivity index is 1.49. The van der Waals surface area contributed by atoms with Gasteiger partial charge < -0.3 is 14.9 Å². The van der Waals surface area contributed by atoms with Crippen LogP contribution in [-0.2, 0) is 0 Å². The van der Waals surface area contributed by atoms with Gasteiger partial charge in [0, 0.05) is 22.8 Å². The maximum Gasteiger partial charge on any atom is 0.151 e. The number of nitrogens with one attached hydrogen (secondary N) is 1. The van der Waals surface area contributed by atoms with Crippen LogP contribution in [0.3, 0.4) is 0 Å². The zero-order chi connectivity index (χ0) is 20.3. The molecule has 150 valence electrons. The summed E-state index contributed by atoms with van der Waals surface area (Å²) in [5, 5.41) is 12.1. The monoisotopic (exact) mass is 396 g/mol. The van der Waals surface area contributed by atoms with Crippen molar-refractivity contribution in [1.82, 2.24) is 4.98 Å². The van der Waals surface area contributed by atoms with Gasteiger partial charge in [0.05, 0.1) is 31.7 Å². The molecule has 0 aliphatic carbocycles. The van der Waals surface area contributed by atoms with Gasteiger partial charge >= 0.3 is 0 Å². The molecule has 4 heteroatoms. The second-order valence-electron chi connectivity index (χ2n) is 7.90. The van der Waals surface area contributed by atoms with Crippen LogP contribution in [0.2, 0.25) is 0 Å². The number of pyridine rings is 1. The summed E-state index contributed by atoms with van der Waals surface area (Å²) < 4.78 is 0. The van der Waals surface area contributed by atoms with Gasteiger partial charge in [0.25, 0.3) is 0 Å². The van der Waals surface area contributed by atoms with E-state index in [1.165, 1.54) is 16.2 Å². The van der Waals surface area contributed by atoms with Crippen molar-refractivity contribution in [1.29, 1.82) is 0 Å². The predicted molar refractivity (Wildman–Crippen MR) is 121 cm³/mol. The van der Waals surface area contributed by atoms with E-state index in [1.807, 2.05) is 18.2 Å². The molecule has 0 bridgehead atoms. The number of hydrogen-bond acceptors (Lipinski definition) is 3. The number of phenolic OH excluding ortho intramolecular Hbond substituents is 1. The van der Waals surface area contributed by atoms with Crippen LogP contribution in [0.15, 0.2) is 91.1 Å². The number of rotatable bonds is 4. The van der Waals surface area contributed by atoms with Crippen molar-refractivity contribution in [3.8, 4) is 5.75 Å². The third-order valence-electron chi connectivity index (χ3n) is 6.16. The van der Waals surface area contributed by atoms with Gasteiger partial charge in [-0.2, -0.15) is 0 Å². The highest BCUT2D eigenvalue weighted by Gasteiger charge is 2.32. The Bertz CT molecular complexity index is 1120. The molecular formula is C26H26N3O+. The molecule has 5 rings (SSSR count). The Morgan fingerprint density at radius 1 is 0.800 bits per heavy atom. The first kappa shape index (κ1) is 18.6. The molecule has 4 nitrogen and oxygen atoms in total. The molecule has 1 saturated heterocycles. The number of piperazine rings is 1. The highest BCUT2D eigenvalue weighted by atomic mass is 16.3. The molecule has 3 aromatic carbocycles. The molecule has 30 heavy (non-hydrogen) atoms. The number of benzene rings is 3. The van der Waals surface area contributed by atoms with E-state index >= 15 is 0 Å². The zero-order valence-corrected chi connectivity index (χ0v) is 16.9. The lowest BCUT2D eigenvalue weighted by molar-refractivity contribution is -0.926. The number of hydrogen-bond donors (Lipinski definition) is 2. The van der Waals surface area contributed by atoms with Crippen molar-refractivity contribution in [2.24, 2.45) is 0 Å². The summed E-state index contributed by atoms with van der Waals surface area (Å²) in [6.45, 7) is 4.01. The summed E-state index contributed by atoms with van der Waals surface area (Å²) in [6.07, 6.45) is 1.74. The first-order chi connectivity index (χ1) is 14.8. The van der Waals surface area contributed by atoms with Crippen LogP contribution in [0.25, 0.3) is 10.9 Å². The van der Waals surface area contributed by atoms with E-state index < -0.39 is 0 Å². The number of aromatic hydroxyl groups is 1. The second kappa shape index (κ2) is 8.17. The van der Waals surface area contributed by atoms with Crippen molar-refractivity contribution in [3.05, 3.63) is 102 Å². The fourth-order valence-corrected chi connectivity index (χ4v) is 4.64. The van der Waals surface area contributed by atoms with Gasteiger partial charge in [-0.15, -0.1) is 0 Å². The van der Waals surface area contributed by atoms with E-state index in [2.05, 4.69) is 76.6 Å². The van der Waals surface area contributed by atoms with Crippen molar-refractivity contribution >= 4 is 16.6 Å². The van der Waals surface area contributed by atoms with Gasteiger partial charge in [-0.25, -0.2) is 0 Å². The lowest BCUT2D eigenvalue weighted by Gasteiger charge is -2.38. The number of phenols is 1. The summed E-state index contributed by atoms with van der Waals surface area (Å²) in [4.78, 5) is 8.37. The van der Waals surface area contributed by atoms with E-state index in [0.717, 1.165) is 37.1 Å². The zero-order valence-electron chi connectivity index (χ0n) is 16.9. The Morgan fingerprint density at radius 3 is 2.23 bits per heavy atom.